The van der Waals surface area contributed by atoms with Crippen LogP contribution < -0.4 is 5.73 Å². The Kier molecular flexibility index (Phi) is 15.5. The second-order valence-corrected chi connectivity index (χ2v) is 2.81. The van der Waals surface area contributed by atoms with Gasteiger partial charge in [0, 0.05) is 6.42 Å². The van der Waals surface area contributed by atoms with Gasteiger partial charge in [0.1, 0.15) is 0 Å². The first kappa shape index (κ1) is 20.0. The minimum Gasteiger partial charge on any atom is -0.370 e. The number of nitrogens with two attached hydrogens (primary N) is 1. The van der Waals surface area contributed by atoms with E-state index in [1.807, 2.05) is 18.2 Å². The Morgan fingerprint density at radius 2 is 1.60 bits per heavy atom. The molecule has 1 amide bonds. The normalized spacial score (nSPS) is 7.73. The Balaban J connectivity index is -0.000000480. The van der Waals surface area contributed by atoms with Crippen molar-refractivity contribution >= 4 is 43.1 Å². The van der Waals surface area contributed by atoms with Crippen molar-refractivity contribution in [2.75, 3.05) is 0 Å². The Morgan fingerprint density at radius 3 is 2.07 bits per heavy atom. The molecule has 15 heavy (non-hydrogen) atoms. The highest BCUT2D eigenvalue weighted by Gasteiger charge is 1.95. The molecule has 0 saturated heterocycles. The van der Waals surface area contributed by atoms with E-state index in [0.717, 1.165) is 12.8 Å². The summed E-state index contributed by atoms with van der Waals surface area (Å²) in [6.07, 6.45) is 2.26. The number of amides is 1. The summed E-state index contributed by atoms with van der Waals surface area (Å²) in [5.41, 5.74) is 6.28. The van der Waals surface area contributed by atoms with Gasteiger partial charge in [-0.1, -0.05) is 30.3 Å². The largest absolute Gasteiger partial charge is 0.370 e. The molecule has 2 nitrogen and oxygen atoms in total. The summed E-state index contributed by atoms with van der Waals surface area (Å²) in [5, 5.41) is 0. The minimum absolute atomic E-state index is 0. The maximum Gasteiger partial charge on any atom is 0.217 e. The van der Waals surface area contributed by atoms with Crippen LogP contribution in [0.2, 0.25) is 0 Å². The fourth-order valence-corrected chi connectivity index (χ4v) is 1.11. The molecule has 1 rings (SSSR count). The molecule has 1 aromatic carbocycles. The first-order chi connectivity index (χ1) is 5.79. The van der Waals surface area contributed by atoms with Crippen LogP contribution in [0.1, 0.15) is 18.4 Å². The van der Waals surface area contributed by atoms with Crippen molar-refractivity contribution in [3.05, 3.63) is 35.9 Å². The van der Waals surface area contributed by atoms with Gasteiger partial charge in [0.05, 0.1) is 0 Å². The number of halogens is 3. The molecule has 88 valence electrons. The van der Waals surface area contributed by atoms with E-state index >= 15 is 0 Å². The molecule has 0 heterocycles. The van der Waals surface area contributed by atoms with Crippen LogP contribution in [0.15, 0.2) is 30.3 Å². The molecular formula is C10H16Cl3NO. The van der Waals surface area contributed by atoms with Crippen LogP contribution in [-0.2, 0) is 11.2 Å². The predicted octanol–water partition coefficient (Wildman–Crippen LogP) is 2.76. The first-order valence-electron chi connectivity index (χ1n) is 4.11. The number of benzene rings is 1. The van der Waals surface area contributed by atoms with Crippen LogP contribution in [0.5, 0.6) is 0 Å². The van der Waals surface area contributed by atoms with Crippen LogP contribution >= 0.6 is 37.2 Å². The van der Waals surface area contributed by atoms with E-state index in [1.54, 1.807) is 0 Å². The lowest BCUT2D eigenvalue weighted by Crippen LogP contribution is -2.10. The fourth-order valence-electron chi connectivity index (χ4n) is 1.11. The highest BCUT2D eigenvalue weighted by molar-refractivity contribution is 5.86. The van der Waals surface area contributed by atoms with Crippen molar-refractivity contribution in [3.8, 4) is 0 Å². The first-order valence-corrected chi connectivity index (χ1v) is 4.11. The Labute approximate surface area is 109 Å². The summed E-state index contributed by atoms with van der Waals surface area (Å²) < 4.78 is 0. The molecule has 0 aliphatic heterocycles. The van der Waals surface area contributed by atoms with Crippen molar-refractivity contribution in [1.82, 2.24) is 0 Å². The summed E-state index contributed by atoms with van der Waals surface area (Å²) in [6.45, 7) is 0. The lowest BCUT2D eigenvalue weighted by Gasteiger charge is -1.97. The standard InChI is InChI=1S/C10H13NO.3ClH/c11-10(12)8-4-7-9-5-2-1-3-6-9;;;/h1-3,5-6H,4,7-8H2,(H2,11,12);3*1H. The number of carbonyl (C=O) groups excluding carboxylic acids is 1. The summed E-state index contributed by atoms with van der Waals surface area (Å²) in [5.74, 6) is -0.217. The molecule has 0 spiro atoms. The van der Waals surface area contributed by atoms with Crippen molar-refractivity contribution in [2.24, 2.45) is 5.73 Å². The highest BCUT2D eigenvalue weighted by Crippen LogP contribution is 2.03. The summed E-state index contributed by atoms with van der Waals surface area (Å²) in [6, 6.07) is 10.1. The molecule has 0 bridgehead atoms. The van der Waals surface area contributed by atoms with Crippen LogP contribution in [-0.4, -0.2) is 5.91 Å². The van der Waals surface area contributed by atoms with Crippen LogP contribution in [0, 0.1) is 0 Å². The average molecular weight is 273 g/mol. The fraction of sp³-hybridized carbons (Fsp3) is 0.300. The van der Waals surface area contributed by atoms with Crippen LogP contribution in [0.4, 0.5) is 0 Å². The molecule has 2 N–H and O–H groups in total. The monoisotopic (exact) mass is 271 g/mol. The Hall–Kier alpha value is -0.440. The second kappa shape index (κ2) is 11.6. The lowest BCUT2D eigenvalue weighted by molar-refractivity contribution is -0.118. The van der Waals surface area contributed by atoms with Crippen molar-refractivity contribution < 1.29 is 4.79 Å². The van der Waals surface area contributed by atoms with Gasteiger partial charge in [0.15, 0.2) is 0 Å². The number of hydrogen-bond donors (Lipinski definition) is 1. The van der Waals surface area contributed by atoms with Gasteiger partial charge in [0.25, 0.3) is 0 Å². The van der Waals surface area contributed by atoms with E-state index in [0.29, 0.717) is 6.42 Å². The average Bonchev–Trinajstić information content (AvgIpc) is 2.05. The molecule has 0 atom stereocenters. The van der Waals surface area contributed by atoms with Crippen LogP contribution in [0.25, 0.3) is 0 Å². The zero-order valence-electron chi connectivity index (χ0n) is 8.22. The summed E-state index contributed by atoms with van der Waals surface area (Å²) in [7, 11) is 0. The second-order valence-electron chi connectivity index (χ2n) is 2.81. The number of primary amides is 1. The van der Waals surface area contributed by atoms with Gasteiger partial charge in [-0.05, 0) is 18.4 Å². The van der Waals surface area contributed by atoms with E-state index in [-0.39, 0.29) is 43.1 Å². The third-order valence-electron chi connectivity index (χ3n) is 1.73. The molecule has 0 aliphatic rings. The van der Waals surface area contributed by atoms with Gasteiger partial charge in [0.2, 0.25) is 5.91 Å². The number of carbonyl (C=O) groups is 1. The zero-order valence-corrected chi connectivity index (χ0v) is 10.7. The molecule has 0 unspecified atom stereocenters. The number of hydrogen-bond acceptors (Lipinski definition) is 1. The lowest BCUT2D eigenvalue weighted by atomic mass is 10.1. The van der Waals surface area contributed by atoms with Gasteiger partial charge in [-0.15, -0.1) is 37.2 Å². The van der Waals surface area contributed by atoms with Gasteiger partial charge >= 0.3 is 0 Å². The van der Waals surface area contributed by atoms with E-state index in [4.69, 9.17) is 5.73 Å². The molecule has 0 aliphatic carbocycles. The van der Waals surface area contributed by atoms with Gasteiger partial charge in [-0.3, -0.25) is 4.79 Å². The van der Waals surface area contributed by atoms with E-state index < -0.39 is 0 Å². The molecule has 1 aromatic rings. The number of aryl methyl sites for hydroxylation is 1. The quantitative estimate of drug-likeness (QED) is 0.900. The Morgan fingerprint density at radius 1 is 1.07 bits per heavy atom. The Bertz CT molecular complexity index is 254. The summed E-state index contributed by atoms with van der Waals surface area (Å²) in [4.78, 5) is 10.4. The number of rotatable bonds is 4. The van der Waals surface area contributed by atoms with Gasteiger partial charge in [-0.2, -0.15) is 0 Å². The highest BCUT2D eigenvalue weighted by atomic mass is 35.5. The van der Waals surface area contributed by atoms with Crippen molar-refractivity contribution in [1.29, 1.82) is 0 Å². The molecule has 0 radical (unpaired) electrons. The smallest absolute Gasteiger partial charge is 0.217 e. The van der Waals surface area contributed by atoms with Gasteiger partial charge < -0.3 is 5.73 Å². The zero-order chi connectivity index (χ0) is 8.81. The third-order valence-corrected chi connectivity index (χ3v) is 1.73. The predicted molar refractivity (Wildman–Crippen MR) is 70.3 cm³/mol. The maximum atomic E-state index is 10.4. The molecule has 0 saturated carbocycles. The summed E-state index contributed by atoms with van der Waals surface area (Å²) >= 11 is 0. The molecule has 0 aromatic heterocycles. The topological polar surface area (TPSA) is 43.1 Å². The van der Waals surface area contributed by atoms with E-state index in [9.17, 15) is 4.79 Å². The van der Waals surface area contributed by atoms with Crippen molar-refractivity contribution in [3.63, 3.8) is 0 Å². The maximum absolute atomic E-state index is 10.4. The molecule has 5 heteroatoms. The SMILES string of the molecule is Cl.Cl.Cl.NC(=O)CCCc1ccccc1. The third kappa shape index (κ3) is 9.85. The van der Waals surface area contributed by atoms with E-state index in [2.05, 4.69) is 12.1 Å². The van der Waals surface area contributed by atoms with E-state index in [1.165, 1.54) is 5.56 Å². The molecule has 0 fully saturated rings. The van der Waals surface area contributed by atoms with Crippen molar-refractivity contribution in [2.45, 2.75) is 19.3 Å². The molecular weight excluding hydrogens is 256 g/mol. The van der Waals surface area contributed by atoms with Gasteiger partial charge in [-0.25, -0.2) is 0 Å². The van der Waals surface area contributed by atoms with Crippen LogP contribution in [0.3, 0.4) is 0 Å². The minimum atomic E-state index is -0.217.